The zero-order valence-corrected chi connectivity index (χ0v) is 13.1. The second-order valence-electron chi connectivity index (χ2n) is 5.96. The van der Waals surface area contributed by atoms with E-state index in [4.69, 9.17) is 5.73 Å². The van der Waals surface area contributed by atoms with Crippen molar-refractivity contribution in [2.24, 2.45) is 11.7 Å². The largest absolute Gasteiger partial charge is 0.368 e. The number of thioether (sulfide) groups is 1. The maximum absolute atomic E-state index is 12.2. The van der Waals surface area contributed by atoms with E-state index in [9.17, 15) is 4.79 Å². The van der Waals surface area contributed by atoms with Gasteiger partial charge in [-0.2, -0.15) is 11.8 Å². The Bertz CT molecular complexity index is 445. The molecule has 0 aromatic heterocycles. The van der Waals surface area contributed by atoms with Crippen LogP contribution in [0.15, 0.2) is 30.3 Å². The van der Waals surface area contributed by atoms with Gasteiger partial charge in [0, 0.05) is 11.8 Å². The molecule has 0 radical (unpaired) electrons. The van der Waals surface area contributed by atoms with Crippen LogP contribution < -0.4 is 11.1 Å². The minimum atomic E-state index is -0.734. The maximum atomic E-state index is 12.2. The fourth-order valence-corrected chi connectivity index (χ4v) is 3.53. The van der Waals surface area contributed by atoms with Crippen molar-refractivity contribution in [1.82, 2.24) is 5.32 Å². The van der Waals surface area contributed by atoms with E-state index in [0.717, 1.165) is 24.2 Å². The Kier molecular flexibility index (Phi) is 5.11. The van der Waals surface area contributed by atoms with Crippen LogP contribution in [0.1, 0.15) is 32.3 Å². The molecule has 3 N–H and O–H groups in total. The Balaban J connectivity index is 2.21. The molecule has 1 aliphatic rings. The first kappa shape index (κ1) is 15.4. The van der Waals surface area contributed by atoms with Gasteiger partial charge in [0.2, 0.25) is 5.91 Å². The average molecular weight is 292 g/mol. The Morgan fingerprint density at radius 2 is 2.05 bits per heavy atom. The Hall–Kier alpha value is -1.00. The van der Waals surface area contributed by atoms with Crippen molar-refractivity contribution in [2.75, 3.05) is 11.5 Å². The lowest BCUT2D eigenvalue weighted by atomic mass is 9.91. The molecule has 1 saturated carbocycles. The summed E-state index contributed by atoms with van der Waals surface area (Å²) in [7, 11) is 0. The summed E-state index contributed by atoms with van der Waals surface area (Å²) in [6.07, 6.45) is 2.27. The predicted octanol–water partition coefficient (Wildman–Crippen LogP) is 2.51. The molecular formula is C16H24N2OS. The molecule has 1 atom stereocenters. The first-order valence-corrected chi connectivity index (χ1v) is 8.41. The molecule has 1 aromatic carbocycles. The van der Waals surface area contributed by atoms with E-state index in [2.05, 4.69) is 19.2 Å². The summed E-state index contributed by atoms with van der Waals surface area (Å²) in [5.74, 6) is 2.07. The van der Waals surface area contributed by atoms with Gasteiger partial charge in [-0.1, -0.05) is 44.2 Å². The number of hydrogen-bond acceptors (Lipinski definition) is 3. The smallest absolute Gasteiger partial charge is 0.243 e. The summed E-state index contributed by atoms with van der Waals surface area (Å²) < 4.78 is 0. The number of rotatable bonds is 8. The highest BCUT2D eigenvalue weighted by Crippen LogP contribution is 2.32. The van der Waals surface area contributed by atoms with E-state index in [0.29, 0.717) is 17.7 Å². The van der Waals surface area contributed by atoms with Crippen molar-refractivity contribution in [2.45, 2.75) is 38.3 Å². The van der Waals surface area contributed by atoms with Crippen LogP contribution in [0.3, 0.4) is 0 Å². The topological polar surface area (TPSA) is 55.1 Å². The Morgan fingerprint density at radius 1 is 1.40 bits per heavy atom. The summed E-state index contributed by atoms with van der Waals surface area (Å²) in [5.41, 5.74) is 6.03. The maximum Gasteiger partial charge on any atom is 0.243 e. The third kappa shape index (κ3) is 3.76. The zero-order valence-electron chi connectivity index (χ0n) is 12.3. The third-order valence-corrected chi connectivity index (χ3v) is 5.02. The zero-order chi connectivity index (χ0) is 14.6. The van der Waals surface area contributed by atoms with Gasteiger partial charge in [-0.3, -0.25) is 10.1 Å². The number of nitrogens with one attached hydrogen (secondary N) is 1. The summed E-state index contributed by atoms with van der Waals surface area (Å²) in [4.78, 5) is 12.2. The molecule has 0 aliphatic heterocycles. The molecule has 1 amide bonds. The first-order valence-electron chi connectivity index (χ1n) is 7.25. The lowest BCUT2D eigenvalue weighted by molar-refractivity contribution is -0.124. The van der Waals surface area contributed by atoms with E-state index in [1.54, 1.807) is 11.8 Å². The van der Waals surface area contributed by atoms with E-state index < -0.39 is 5.54 Å². The van der Waals surface area contributed by atoms with Crippen molar-refractivity contribution < 1.29 is 4.79 Å². The molecule has 1 aromatic rings. The highest BCUT2D eigenvalue weighted by Gasteiger charge is 2.42. The van der Waals surface area contributed by atoms with Crippen LogP contribution >= 0.6 is 11.8 Å². The second-order valence-corrected chi connectivity index (χ2v) is 6.99. The SMILES string of the molecule is CC(C)CSCC(NC1CC1)(C(N)=O)c1ccccc1. The van der Waals surface area contributed by atoms with Gasteiger partial charge in [0.25, 0.3) is 0 Å². The number of carbonyl (C=O) groups excluding carboxylic acids is 1. The van der Waals surface area contributed by atoms with Gasteiger partial charge >= 0.3 is 0 Å². The average Bonchev–Trinajstić information content (AvgIpc) is 3.21. The number of carbonyl (C=O) groups is 1. The van der Waals surface area contributed by atoms with Gasteiger partial charge in [0.15, 0.2) is 0 Å². The molecule has 1 unspecified atom stereocenters. The van der Waals surface area contributed by atoms with Crippen LogP contribution in [-0.4, -0.2) is 23.5 Å². The standard InChI is InChI=1S/C16H24N2OS/c1-12(2)10-20-11-16(15(17)19,18-14-8-9-14)13-6-4-3-5-7-13/h3-7,12,14,18H,8-11H2,1-2H3,(H2,17,19). The summed E-state index contributed by atoms with van der Waals surface area (Å²) in [6.45, 7) is 4.38. The van der Waals surface area contributed by atoms with Crippen molar-refractivity contribution in [1.29, 1.82) is 0 Å². The van der Waals surface area contributed by atoms with Crippen molar-refractivity contribution in [3.8, 4) is 0 Å². The van der Waals surface area contributed by atoms with E-state index in [1.807, 2.05) is 30.3 Å². The number of primary amides is 1. The lowest BCUT2D eigenvalue weighted by Crippen LogP contribution is -2.55. The van der Waals surface area contributed by atoms with Crippen LogP contribution in [-0.2, 0) is 10.3 Å². The molecule has 0 bridgehead atoms. The predicted molar refractivity (Wildman–Crippen MR) is 85.6 cm³/mol. The van der Waals surface area contributed by atoms with E-state index in [-0.39, 0.29) is 5.91 Å². The van der Waals surface area contributed by atoms with Gasteiger partial charge in [-0.15, -0.1) is 0 Å². The van der Waals surface area contributed by atoms with Crippen LogP contribution in [0.5, 0.6) is 0 Å². The monoisotopic (exact) mass is 292 g/mol. The number of hydrogen-bond donors (Lipinski definition) is 2. The number of benzene rings is 1. The molecule has 1 aliphatic carbocycles. The fourth-order valence-electron chi connectivity index (χ4n) is 2.24. The van der Waals surface area contributed by atoms with Gasteiger partial charge in [-0.05, 0) is 30.1 Å². The van der Waals surface area contributed by atoms with Crippen molar-refractivity contribution in [3.05, 3.63) is 35.9 Å². The Labute approximate surface area is 125 Å². The fraction of sp³-hybridized carbons (Fsp3) is 0.562. The van der Waals surface area contributed by atoms with Crippen LogP contribution in [0.25, 0.3) is 0 Å². The van der Waals surface area contributed by atoms with Gasteiger partial charge in [0.1, 0.15) is 5.54 Å². The van der Waals surface area contributed by atoms with Crippen LogP contribution in [0, 0.1) is 5.92 Å². The normalized spacial score (nSPS) is 17.9. The van der Waals surface area contributed by atoms with Crippen LogP contribution in [0.4, 0.5) is 0 Å². The second kappa shape index (κ2) is 6.64. The molecule has 0 saturated heterocycles. The van der Waals surface area contributed by atoms with Gasteiger partial charge in [0.05, 0.1) is 0 Å². The highest BCUT2D eigenvalue weighted by atomic mass is 32.2. The number of amides is 1. The molecule has 4 heteroatoms. The quantitative estimate of drug-likeness (QED) is 0.774. The van der Waals surface area contributed by atoms with Crippen LogP contribution in [0.2, 0.25) is 0 Å². The van der Waals surface area contributed by atoms with E-state index in [1.165, 1.54) is 0 Å². The van der Waals surface area contributed by atoms with Gasteiger partial charge < -0.3 is 5.73 Å². The lowest BCUT2D eigenvalue weighted by Gasteiger charge is -2.32. The molecule has 110 valence electrons. The van der Waals surface area contributed by atoms with E-state index >= 15 is 0 Å². The molecule has 1 fully saturated rings. The van der Waals surface area contributed by atoms with Crippen molar-refractivity contribution in [3.63, 3.8) is 0 Å². The minimum absolute atomic E-state index is 0.271. The van der Waals surface area contributed by atoms with Gasteiger partial charge in [-0.25, -0.2) is 0 Å². The molecule has 2 rings (SSSR count). The number of nitrogens with two attached hydrogens (primary N) is 1. The summed E-state index contributed by atoms with van der Waals surface area (Å²) in [5, 5.41) is 3.50. The summed E-state index contributed by atoms with van der Waals surface area (Å²) >= 11 is 1.80. The molecule has 3 nitrogen and oxygen atoms in total. The molecule has 0 spiro atoms. The highest BCUT2D eigenvalue weighted by molar-refractivity contribution is 7.99. The third-order valence-electron chi connectivity index (χ3n) is 3.48. The molecule has 0 heterocycles. The summed E-state index contributed by atoms with van der Waals surface area (Å²) in [6, 6.07) is 10.3. The first-order chi connectivity index (χ1) is 9.54. The molecule has 20 heavy (non-hydrogen) atoms. The molecular weight excluding hydrogens is 268 g/mol. The Morgan fingerprint density at radius 3 is 2.55 bits per heavy atom. The van der Waals surface area contributed by atoms with Crippen molar-refractivity contribution >= 4 is 17.7 Å². The minimum Gasteiger partial charge on any atom is -0.368 e.